The van der Waals surface area contributed by atoms with E-state index in [0.29, 0.717) is 13.1 Å². The Bertz CT molecular complexity index is 867. The SMILES string of the molecule is COc1ccc2c(C)cc(N3CC[C@@]4(CCCN(CCO)C4=O)C3)nc2c1. The minimum Gasteiger partial charge on any atom is -0.497 e. The number of piperidine rings is 1. The maximum atomic E-state index is 13.0. The van der Waals surface area contributed by atoms with E-state index >= 15 is 0 Å². The third-order valence-electron chi connectivity index (χ3n) is 6.08. The lowest BCUT2D eigenvalue weighted by molar-refractivity contribution is -0.145. The van der Waals surface area contributed by atoms with Crippen molar-refractivity contribution in [2.45, 2.75) is 26.2 Å². The van der Waals surface area contributed by atoms with E-state index in [1.807, 2.05) is 23.1 Å². The van der Waals surface area contributed by atoms with Crippen LogP contribution in [0.3, 0.4) is 0 Å². The first kappa shape index (κ1) is 18.0. The highest BCUT2D eigenvalue weighted by atomic mass is 16.5. The Morgan fingerprint density at radius 1 is 1.26 bits per heavy atom. The lowest BCUT2D eigenvalue weighted by atomic mass is 9.78. The van der Waals surface area contributed by atoms with Gasteiger partial charge in [0.25, 0.3) is 0 Å². The molecule has 0 bridgehead atoms. The summed E-state index contributed by atoms with van der Waals surface area (Å²) in [6.45, 7) is 4.86. The number of aromatic nitrogens is 1. The zero-order valence-electron chi connectivity index (χ0n) is 16.1. The molecule has 2 saturated heterocycles. The minimum atomic E-state index is -0.327. The van der Waals surface area contributed by atoms with Gasteiger partial charge in [-0.1, -0.05) is 0 Å². The van der Waals surface area contributed by atoms with Gasteiger partial charge in [-0.3, -0.25) is 4.79 Å². The topological polar surface area (TPSA) is 65.9 Å². The predicted octanol–water partition coefficient (Wildman–Crippen LogP) is 2.36. The van der Waals surface area contributed by atoms with Crippen molar-refractivity contribution in [1.29, 1.82) is 0 Å². The summed E-state index contributed by atoms with van der Waals surface area (Å²) < 4.78 is 5.34. The Kier molecular flexibility index (Phi) is 4.68. The number of aryl methyl sites for hydroxylation is 1. The Balaban J connectivity index is 1.62. The molecule has 1 N–H and O–H groups in total. The fraction of sp³-hybridized carbons (Fsp3) is 0.524. The number of fused-ring (bicyclic) bond motifs is 1. The van der Waals surface area contributed by atoms with E-state index in [2.05, 4.69) is 17.9 Å². The minimum absolute atomic E-state index is 0.0266. The number of carbonyl (C=O) groups is 1. The van der Waals surface area contributed by atoms with Gasteiger partial charge in [0.2, 0.25) is 5.91 Å². The smallest absolute Gasteiger partial charge is 0.230 e. The number of hydrogen-bond donors (Lipinski definition) is 1. The number of carbonyl (C=O) groups excluding carboxylic acids is 1. The van der Waals surface area contributed by atoms with Crippen molar-refractivity contribution in [3.8, 4) is 5.75 Å². The molecule has 144 valence electrons. The normalized spacial score (nSPS) is 22.9. The largest absolute Gasteiger partial charge is 0.497 e. The molecule has 2 aliphatic rings. The van der Waals surface area contributed by atoms with E-state index in [-0.39, 0.29) is 17.9 Å². The average Bonchev–Trinajstić information content (AvgIpc) is 3.10. The van der Waals surface area contributed by atoms with Crippen molar-refractivity contribution in [3.63, 3.8) is 0 Å². The van der Waals surface area contributed by atoms with Gasteiger partial charge in [-0.15, -0.1) is 0 Å². The Labute approximate surface area is 159 Å². The van der Waals surface area contributed by atoms with Crippen LogP contribution in [0.25, 0.3) is 10.9 Å². The Morgan fingerprint density at radius 3 is 2.89 bits per heavy atom. The number of ether oxygens (including phenoxy) is 1. The molecule has 3 heterocycles. The molecule has 0 saturated carbocycles. The first-order valence-electron chi connectivity index (χ1n) is 9.67. The third-order valence-corrected chi connectivity index (χ3v) is 6.08. The van der Waals surface area contributed by atoms with Crippen molar-refractivity contribution in [1.82, 2.24) is 9.88 Å². The van der Waals surface area contributed by atoms with E-state index < -0.39 is 0 Å². The quantitative estimate of drug-likeness (QED) is 0.896. The Morgan fingerprint density at radius 2 is 2.11 bits per heavy atom. The van der Waals surface area contributed by atoms with Crippen LogP contribution in [0.1, 0.15) is 24.8 Å². The zero-order valence-corrected chi connectivity index (χ0v) is 16.1. The number of amides is 1. The van der Waals surface area contributed by atoms with Crippen LogP contribution < -0.4 is 9.64 Å². The van der Waals surface area contributed by atoms with Crippen LogP contribution in [0.15, 0.2) is 24.3 Å². The molecule has 0 radical (unpaired) electrons. The number of β-amino-alcohol motifs (C(OH)–C–C–N with tert-alkyl or cyclic N) is 1. The molecule has 1 aromatic heterocycles. The molecule has 2 aliphatic heterocycles. The van der Waals surface area contributed by atoms with E-state index in [1.54, 1.807) is 7.11 Å². The molecular formula is C21H27N3O3. The number of hydrogen-bond acceptors (Lipinski definition) is 5. The molecular weight excluding hydrogens is 342 g/mol. The maximum Gasteiger partial charge on any atom is 0.230 e. The molecule has 4 rings (SSSR count). The fourth-order valence-corrected chi connectivity index (χ4v) is 4.59. The summed E-state index contributed by atoms with van der Waals surface area (Å²) in [5, 5.41) is 10.4. The summed E-state index contributed by atoms with van der Waals surface area (Å²) in [6.07, 6.45) is 2.77. The molecule has 0 unspecified atom stereocenters. The predicted molar refractivity (Wildman–Crippen MR) is 105 cm³/mol. The molecule has 6 heteroatoms. The van der Waals surface area contributed by atoms with Gasteiger partial charge in [0.1, 0.15) is 11.6 Å². The summed E-state index contributed by atoms with van der Waals surface area (Å²) >= 11 is 0. The molecule has 0 aliphatic carbocycles. The monoisotopic (exact) mass is 369 g/mol. The highest BCUT2D eigenvalue weighted by Gasteiger charge is 2.48. The van der Waals surface area contributed by atoms with Gasteiger partial charge in [-0.25, -0.2) is 4.98 Å². The maximum absolute atomic E-state index is 13.0. The Hall–Kier alpha value is -2.34. The van der Waals surface area contributed by atoms with Crippen LogP contribution in [-0.2, 0) is 4.79 Å². The van der Waals surface area contributed by atoms with E-state index in [9.17, 15) is 9.90 Å². The molecule has 2 aromatic rings. The highest BCUT2D eigenvalue weighted by Crippen LogP contribution is 2.41. The fourth-order valence-electron chi connectivity index (χ4n) is 4.59. The first-order valence-corrected chi connectivity index (χ1v) is 9.67. The van der Waals surface area contributed by atoms with Crippen LogP contribution in [-0.4, -0.2) is 60.8 Å². The number of methoxy groups -OCH3 is 1. The molecule has 1 atom stereocenters. The number of nitrogens with zero attached hydrogens (tertiary/aromatic N) is 3. The standard InChI is InChI=1S/C21H27N3O3/c1-15-12-19(22-18-13-16(27-2)4-5-17(15)18)24-9-7-21(14-24)6-3-8-23(10-11-25)20(21)26/h4-5,12-13,25H,3,6-11,14H2,1-2H3/t21-/m0/s1. The van der Waals surface area contributed by atoms with Crippen molar-refractivity contribution < 1.29 is 14.6 Å². The number of likely N-dealkylation sites (tertiary alicyclic amines) is 1. The molecule has 1 amide bonds. The number of anilines is 1. The van der Waals surface area contributed by atoms with Crippen LogP contribution in [0.2, 0.25) is 0 Å². The van der Waals surface area contributed by atoms with Gasteiger partial charge in [0.15, 0.2) is 0 Å². The third kappa shape index (κ3) is 3.12. The number of aliphatic hydroxyl groups is 1. The van der Waals surface area contributed by atoms with Gasteiger partial charge < -0.3 is 19.6 Å². The van der Waals surface area contributed by atoms with Gasteiger partial charge in [-0.2, -0.15) is 0 Å². The number of benzene rings is 1. The first-order chi connectivity index (χ1) is 13.1. The molecule has 27 heavy (non-hydrogen) atoms. The number of rotatable bonds is 4. The van der Waals surface area contributed by atoms with E-state index in [4.69, 9.17) is 9.72 Å². The molecule has 6 nitrogen and oxygen atoms in total. The lowest BCUT2D eigenvalue weighted by Gasteiger charge is -2.39. The highest BCUT2D eigenvalue weighted by molar-refractivity contribution is 5.87. The van der Waals surface area contributed by atoms with Crippen molar-refractivity contribution in [2.75, 3.05) is 44.8 Å². The van der Waals surface area contributed by atoms with Crippen LogP contribution in [0.4, 0.5) is 5.82 Å². The summed E-state index contributed by atoms with van der Waals surface area (Å²) in [5.74, 6) is 1.92. The van der Waals surface area contributed by atoms with Gasteiger partial charge in [0.05, 0.1) is 24.6 Å². The molecule has 2 fully saturated rings. The number of pyridine rings is 1. The summed E-state index contributed by atoms with van der Waals surface area (Å²) in [5.41, 5.74) is 1.77. The second-order valence-corrected chi connectivity index (χ2v) is 7.75. The van der Waals surface area contributed by atoms with Gasteiger partial charge >= 0.3 is 0 Å². The van der Waals surface area contributed by atoms with Crippen molar-refractivity contribution in [3.05, 3.63) is 29.8 Å². The average molecular weight is 369 g/mol. The van der Waals surface area contributed by atoms with Crippen LogP contribution >= 0.6 is 0 Å². The van der Waals surface area contributed by atoms with Crippen LogP contribution in [0.5, 0.6) is 5.75 Å². The van der Waals surface area contributed by atoms with Crippen LogP contribution in [0, 0.1) is 12.3 Å². The van der Waals surface area contributed by atoms with Crippen molar-refractivity contribution >= 4 is 22.6 Å². The molecule has 1 spiro atoms. The van der Waals surface area contributed by atoms with Crippen molar-refractivity contribution in [2.24, 2.45) is 5.41 Å². The summed E-state index contributed by atoms with van der Waals surface area (Å²) in [4.78, 5) is 22.0. The molecule has 1 aromatic carbocycles. The lowest BCUT2D eigenvalue weighted by Crippen LogP contribution is -2.50. The summed E-state index contributed by atoms with van der Waals surface area (Å²) in [6, 6.07) is 8.08. The zero-order chi connectivity index (χ0) is 19.0. The van der Waals surface area contributed by atoms with Gasteiger partial charge in [-0.05, 0) is 49.9 Å². The number of aliphatic hydroxyl groups excluding tert-OH is 1. The second kappa shape index (κ2) is 7.00. The van der Waals surface area contributed by atoms with E-state index in [0.717, 1.165) is 54.8 Å². The van der Waals surface area contributed by atoms with Gasteiger partial charge in [0, 0.05) is 37.6 Å². The summed E-state index contributed by atoms with van der Waals surface area (Å²) in [7, 11) is 1.66. The van der Waals surface area contributed by atoms with E-state index in [1.165, 1.54) is 5.56 Å². The second-order valence-electron chi connectivity index (χ2n) is 7.75.